The maximum atomic E-state index is 14.3. The summed E-state index contributed by atoms with van der Waals surface area (Å²) in [6.45, 7) is 5.43. The minimum absolute atomic E-state index is 0.147. The molecule has 2 aromatic carbocycles. The van der Waals surface area contributed by atoms with E-state index in [-0.39, 0.29) is 11.5 Å². The second-order valence-electron chi connectivity index (χ2n) is 7.68. The average Bonchev–Trinajstić information content (AvgIpc) is 2.77. The second kappa shape index (κ2) is 14.4. The molecule has 2 rings (SSSR count). The van der Waals surface area contributed by atoms with Crippen LogP contribution in [-0.2, 0) is 0 Å². The van der Waals surface area contributed by atoms with E-state index in [0.717, 1.165) is 25.7 Å². The van der Waals surface area contributed by atoms with Gasteiger partial charge < -0.3 is 14.2 Å². The van der Waals surface area contributed by atoms with Gasteiger partial charge in [-0.25, -0.2) is 9.18 Å². The van der Waals surface area contributed by atoms with E-state index in [1.54, 1.807) is 30.3 Å². The number of hydrogen-bond acceptors (Lipinski definition) is 4. The van der Waals surface area contributed by atoms with E-state index in [1.165, 1.54) is 44.2 Å². The van der Waals surface area contributed by atoms with E-state index in [2.05, 4.69) is 13.8 Å². The fourth-order valence-electron chi connectivity index (χ4n) is 3.09. The Morgan fingerprint density at radius 1 is 0.742 bits per heavy atom. The molecule has 0 unspecified atom stereocenters. The van der Waals surface area contributed by atoms with Crippen LogP contribution in [0.4, 0.5) is 4.39 Å². The summed E-state index contributed by atoms with van der Waals surface area (Å²) in [5.74, 6) is -0.0453. The van der Waals surface area contributed by atoms with Gasteiger partial charge in [0.1, 0.15) is 11.5 Å². The number of benzene rings is 2. The molecule has 2 aromatic rings. The van der Waals surface area contributed by atoms with Crippen LogP contribution < -0.4 is 14.2 Å². The van der Waals surface area contributed by atoms with Gasteiger partial charge in [0.05, 0.1) is 18.8 Å². The van der Waals surface area contributed by atoms with Gasteiger partial charge in [0.15, 0.2) is 11.6 Å². The van der Waals surface area contributed by atoms with Gasteiger partial charge in [0.25, 0.3) is 0 Å². The fourth-order valence-corrected chi connectivity index (χ4v) is 3.09. The maximum Gasteiger partial charge on any atom is 0.343 e. The lowest BCUT2D eigenvalue weighted by atomic mass is 10.1. The highest BCUT2D eigenvalue weighted by molar-refractivity contribution is 5.91. The first-order valence-corrected chi connectivity index (χ1v) is 11.5. The number of carbonyl (C=O) groups is 1. The number of halogens is 1. The number of carbonyl (C=O) groups excluding carboxylic acids is 1. The number of hydrogen-bond donors (Lipinski definition) is 0. The molecular formula is C26H35FO4. The van der Waals surface area contributed by atoms with Crippen LogP contribution in [0.3, 0.4) is 0 Å². The summed E-state index contributed by atoms with van der Waals surface area (Å²) in [5, 5.41) is 0. The van der Waals surface area contributed by atoms with Crippen molar-refractivity contribution in [1.29, 1.82) is 0 Å². The molecule has 0 saturated heterocycles. The molecule has 0 spiro atoms. The van der Waals surface area contributed by atoms with Crippen LogP contribution in [-0.4, -0.2) is 19.2 Å². The first-order valence-electron chi connectivity index (χ1n) is 11.5. The molecule has 0 aromatic heterocycles. The lowest BCUT2D eigenvalue weighted by molar-refractivity contribution is 0.0734. The Morgan fingerprint density at radius 2 is 1.35 bits per heavy atom. The zero-order chi connectivity index (χ0) is 22.3. The van der Waals surface area contributed by atoms with Gasteiger partial charge >= 0.3 is 5.97 Å². The van der Waals surface area contributed by atoms with Crippen LogP contribution in [0.25, 0.3) is 0 Å². The van der Waals surface area contributed by atoms with Crippen molar-refractivity contribution < 1.29 is 23.4 Å². The van der Waals surface area contributed by atoms with Gasteiger partial charge in [-0.15, -0.1) is 0 Å². The summed E-state index contributed by atoms with van der Waals surface area (Å²) >= 11 is 0. The van der Waals surface area contributed by atoms with E-state index in [0.29, 0.717) is 24.5 Å². The molecular weight excluding hydrogens is 395 g/mol. The standard InChI is InChI=1S/C26H35FO4/c1-3-5-7-8-9-10-11-19-30-25-17-16-23(20-24(25)27)31-26(28)21-12-14-22(15-13-21)29-18-6-4-2/h12-17,20H,3-11,18-19H2,1-2H3. The minimum atomic E-state index is -0.545. The lowest BCUT2D eigenvalue weighted by Gasteiger charge is -2.10. The summed E-state index contributed by atoms with van der Waals surface area (Å²) in [5.41, 5.74) is 0.377. The Bertz CT molecular complexity index is 773. The molecule has 5 heteroatoms. The largest absolute Gasteiger partial charge is 0.494 e. The van der Waals surface area contributed by atoms with Gasteiger partial charge in [-0.05, 0) is 49.2 Å². The van der Waals surface area contributed by atoms with Gasteiger partial charge in [0.2, 0.25) is 0 Å². The molecule has 0 bridgehead atoms. The zero-order valence-electron chi connectivity index (χ0n) is 18.8. The number of ether oxygens (including phenoxy) is 3. The lowest BCUT2D eigenvalue weighted by Crippen LogP contribution is -2.09. The van der Waals surface area contributed by atoms with Crippen molar-refractivity contribution in [1.82, 2.24) is 0 Å². The van der Waals surface area contributed by atoms with Crippen molar-refractivity contribution in [3.05, 3.63) is 53.8 Å². The van der Waals surface area contributed by atoms with Gasteiger partial charge in [0, 0.05) is 6.07 Å². The summed E-state index contributed by atoms with van der Waals surface area (Å²) < 4.78 is 30.7. The molecule has 0 aliphatic carbocycles. The molecule has 31 heavy (non-hydrogen) atoms. The highest BCUT2D eigenvalue weighted by Gasteiger charge is 2.12. The molecule has 170 valence electrons. The summed E-state index contributed by atoms with van der Waals surface area (Å²) in [6.07, 6.45) is 10.3. The molecule has 0 N–H and O–H groups in total. The van der Waals surface area contributed by atoms with Crippen LogP contribution in [0.15, 0.2) is 42.5 Å². The average molecular weight is 431 g/mol. The van der Waals surface area contributed by atoms with E-state index in [1.807, 2.05) is 0 Å². The second-order valence-corrected chi connectivity index (χ2v) is 7.68. The van der Waals surface area contributed by atoms with Crippen LogP contribution in [0.2, 0.25) is 0 Å². The predicted octanol–water partition coefficient (Wildman–Crippen LogP) is 7.35. The Labute approximate surface area is 185 Å². The maximum absolute atomic E-state index is 14.3. The highest BCUT2D eigenvalue weighted by atomic mass is 19.1. The topological polar surface area (TPSA) is 44.8 Å². The van der Waals surface area contributed by atoms with E-state index in [9.17, 15) is 9.18 Å². The summed E-state index contributed by atoms with van der Waals surface area (Å²) in [6, 6.07) is 11.0. The molecule has 0 fully saturated rings. The Balaban J connectivity index is 1.76. The number of esters is 1. The predicted molar refractivity (Wildman–Crippen MR) is 122 cm³/mol. The van der Waals surface area contributed by atoms with E-state index < -0.39 is 11.8 Å². The first kappa shape index (κ1) is 24.7. The molecule has 0 radical (unpaired) electrons. The first-order chi connectivity index (χ1) is 15.1. The van der Waals surface area contributed by atoms with Gasteiger partial charge in [-0.3, -0.25) is 0 Å². The van der Waals surface area contributed by atoms with Crippen molar-refractivity contribution in [2.24, 2.45) is 0 Å². The normalized spacial score (nSPS) is 10.7. The third-order valence-electron chi connectivity index (χ3n) is 4.98. The van der Waals surface area contributed by atoms with Gasteiger partial charge in [-0.2, -0.15) is 0 Å². The Morgan fingerprint density at radius 3 is 2.03 bits per heavy atom. The smallest absolute Gasteiger partial charge is 0.343 e. The Kier molecular flexibility index (Phi) is 11.5. The van der Waals surface area contributed by atoms with Crippen LogP contribution in [0.5, 0.6) is 17.2 Å². The van der Waals surface area contributed by atoms with E-state index in [4.69, 9.17) is 14.2 Å². The Hall–Kier alpha value is -2.56. The molecule has 0 heterocycles. The monoisotopic (exact) mass is 430 g/mol. The molecule has 4 nitrogen and oxygen atoms in total. The SMILES string of the molecule is CCCCCCCCCOc1ccc(OC(=O)c2ccc(OCCCC)cc2)cc1F. The van der Waals surface area contributed by atoms with Gasteiger partial charge in [-0.1, -0.05) is 58.8 Å². The van der Waals surface area contributed by atoms with Crippen molar-refractivity contribution in [3.63, 3.8) is 0 Å². The fraction of sp³-hybridized carbons (Fsp3) is 0.500. The van der Waals surface area contributed by atoms with Crippen LogP contribution >= 0.6 is 0 Å². The number of rotatable bonds is 15. The molecule has 0 atom stereocenters. The summed E-state index contributed by atoms with van der Waals surface area (Å²) in [7, 11) is 0. The third-order valence-corrected chi connectivity index (χ3v) is 4.98. The van der Waals surface area contributed by atoms with Crippen molar-refractivity contribution >= 4 is 5.97 Å². The van der Waals surface area contributed by atoms with E-state index >= 15 is 0 Å². The van der Waals surface area contributed by atoms with Crippen molar-refractivity contribution in [2.75, 3.05) is 13.2 Å². The quantitative estimate of drug-likeness (QED) is 0.168. The molecule has 0 saturated carbocycles. The third kappa shape index (κ3) is 9.41. The van der Waals surface area contributed by atoms with Crippen LogP contribution in [0, 0.1) is 5.82 Å². The number of unbranched alkanes of at least 4 members (excludes halogenated alkanes) is 7. The molecule has 0 aliphatic rings. The van der Waals surface area contributed by atoms with Crippen LogP contribution in [0.1, 0.15) is 82.0 Å². The summed E-state index contributed by atoms with van der Waals surface area (Å²) in [4.78, 5) is 12.3. The van der Waals surface area contributed by atoms with Crippen molar-refractivity contribution in [2.45, 2.75) is 71.6 Å². The molecule has 0 amide bonds. The zero-order valence-corrected chi connectivity index (χ0v) is 18.8. The minimum Gasteiger partial charge on any atom is -0.494 e. The molecule has 0 aliphatic heterocycles. The highest BCUT2D eigenvalue weighted by Crippen LogP contribution is 2.24. The van der Waals surface area contributed by atoms with Crippen molar-refractivity contribution in [3.8, 4) is 17.2 Å².